The summed E-state index contributed by atoms with van der Waals surface area (Å²) in [5, 5.41) is 7.21. The van der Waals surface area contributed by atoms with E-state index in [-0.39, 0.29) is 12.5 Å². The molecule has 2 N–H and O–H groups in total. The highest BCUT2D eigenvalue weighted by Gasteiger charge is 2.22. The maximum Gasteiger partial charge on any atom is 0.243 e. The van der Waals surface area contributed by atoms with Gasteiger partial charge in [0.25, 0.3) is 0 Å². The van der Waals surface area contributed by atoms with E-state index in [4.69, 9.17) is 0 Å². The Balaban J connectivity index is 1.56. The second-order valence-electron chi connectivity index (χ2n) is 8.17. The Hall–Kier alpha value is -2.24. The predicted octanol–water partition coefficient (Wildman–Crippen LogP) is 2.61. The normalized spacial score (nSPS) is 19.4. The largest absolute Gasteiger partial charge is 0.371 e. The highest BCUT2D eigenvalue weighted by Crippen LogP contribution is 2.20. The summed E-state index contributed by atoms with van der Waals surface area (Å²) in [7, 11) is 3.55. The summed E-state index contributed by atoms with van der Waals surface area (Å²) in [5.41, 5.74) is 1.30. The zero-order valence-electron chi connectivity index (χ0n) is 17.4. The van der Waals surface area contributed by atoms with Crippen molar-refractivity contribution in [2.24, 2.45) is 4.99 Å². The van der Waals surface area contributed by atoms with Crippen LogP contribution in [0.15, 0.2) is 35.3 Å². The van der Waals surface area contributed by atoms with Gasteiger partial charge in [-0.05, 0) is 37.8 Å². The van der Waals surface area contributed by atoms with Crippen molar-refractivity contribution in [3.8, 4) is 0 Å². The van der Waals surface area contributed by atoms with E-state index in [1.54, 1.807) is 19.0 Å². The lowest BCUT2D eigenvalue weighted by Crippen LogP contribution is -2.51. The molecule has 1 saturated carbocycles. The molecule has 6 heteroatoms. The molecule has 2 aliphatic rings. The van der Waals surface area contributed by atoms with Crippen LogP contribution < -0.4 is 15.5 Å². The molecule has 1 aliphatic carbocycles. The van der Waals surface area contributed by atoms with Crippen LogP contribution in [0.5, 0.6) is 0 Å². The molecular weight excluding hydrogens is 350 g/mol. The van der Waals surface area contributed by atoms with Gasteiger partial charge in [0.15, 0.2) is 5.96 Å². The number of anilines is 1. The van der Waals surface area contributed by atoms with Crippen LogP contribution in [0.4, 0.5) is 5.69 Å². The Morgan fingerprint density at radius 1 is 1.00 bits per heavy atom. The summed E-state index contributed by atoms with van der Waals surface area (Å²) >= 11 is 0. The minimum Gasteiger partial charge on any atom is -0.371 e. The van der Waals surface area contributed by atoms with Crippen molar-refractivity contribution in [2.45, 2.75) is 57.0 Å². The van der Waals surface area contributed by atoms with Crippen molar-refractivity contribution < 1.29 is 4.79 Å². The molecule has 1 heterocycles. The zero-order valence-corrected chi connectivity index (χ0v) is 17.4. The van der Waals surface area contributed by atoms with E-state index in [9.17, 15) is 4.79 Å². The third-order valence-electron chi connectivity index (χ3n) is 5.77. The predicted molar refractivity (Wildman–Crippen MR) is 116 cm³/mol. The lowest BCUT2D eigenvalue weighted by Gasteiger charge is -2.35. The first-order valence-corrected chi connectivity index (χ1v) is 10.7. The van der Waals surface area contributed by atoms with Gasteiger partial charge in [-0.3, -0.25) is 4.79 Å². The molecule has 1 aromatic rings. The molecule has 1 aliphatic heterocycles. The van der Waals surface area contributed by atoms with Crippen molar-refractivity contribution in [3.05, 3.63) is 30.3 Å². The number of hydrogen-bond acceptors (Lipinski definition) is 3. The van der Waals surface area contributed by atoms with Gasteiger partial charge in [-0.1, -0.05) is 37.5 Å². The van der Waals surface area contributed by atoms with E-state index in [1.807, 2.05) is 0 Å². The van der Waals surface area contributed by atoms with Gasteiger partial charge in [-0.15, -0.1) is 0 Å². The molecule has 1 aromatic carbocycles. The fourth-order valence-electron chi connectivity index (χ4n) is 3.98. The van der Waals surface area contributed by atoms with Gasteiger partial charge < -0.3 is 20.4 Å². The minimum atomic E-state index is 0.0311. The number of hydrogen-bond donors (Lipinski definition) is 2. The number of guanidine groups is 1. The van der Waals surface area contributed by atoms with Crippen LogP contribution in [0.3, 0.4) is 0 Å². The van der Waals surface area contributed by atoms with Gasteiger partial charge in [0.05, 0.1) is 0 Å². The number of benzene rings is 1. The van der Waals surface area contributed by atoms with Crippen LogP contribution in [0.2, 0.25) is 0 Å². The lowest BCUT2D eigenvalue weighted by molar-refractivity contribution is -0.127. The van der Waals surface area contributed by atoms with Crippen LogP contribution in [0.1, 0.15) is 44.9 Å². The van der Waals surface area contributed by atoms with E-state index in [1.165, 1.54) is 37.8 Å². The van der Waals surface area contributed by atoms with Gasteiger partial charge in [-0.2, -0.15) is 0 Å². The monoisotopic (exact) mass is 385 g/mol. The summed E-state index contributed by atoms with van der Waals surface area (Å²) in [6, 6.07) is 11.5. The molecule has 1 saturated heterocycles. The molecule has 0 bridgehead atoms. The lowest BCUT2D eigenvalue weighted by atomic mass is 9.95. The highest BCUT2D eigenvalue weighted by atomic mass is 16.2. The number of aliphatic imine (C=N–C) groups is 1. The van der Waals surface area contributed by atoms with Gasteiger partial charge in [0, 0.05) is 45.0 Å². The number of amides is 1. The molecule has 0 aromatic heterocycles. The fourth-order valence-corrected chi connectivity index (χ4v) is 3.98. The van der Waals surface area contributed by atoms with Crippen LogP contribution in [0, 0.1) is 0 Å². The smallest absolute Gasteiger partial charge is 0.243 e. The fraction of sp³-hybridized carbons (Fsp3) is 0.636. The molecule has 2 fully saturated rings. The van der Waals surface area contributed by atoms with Crippen molar-refractivity contribution in [2.75, 3.05) is 38.6 Å². The Morgan fingerprint density at radius 2 is 1.61 bits per heavy atom. The third kappa shape index (κ3) is 6.14. The second kappa shape index (κ2) is 10.3. The number of piperidine rings is 1. The van der Waals surface area contributed by atoms with E-state index in [0.717, 1.165) is 31.9 Å². The van der Waals surface area contributed by atoms with Gasteiger partial charge in [0.1, 0.15) is 6.54 Å². The number of likely N-dealkylation sites (N-methyl/N-ethyl adjacent to an activating group) is 1. The molecule has 28 heavy (non-hydrogen) atoms. The molecular formula is C22H35N5O. The van der Waals surface area contributed by atoms with Gasteiger partial charge in [0.2, 0.25) is 5.91 Å². The molecule has 0 atom stereocenters. The highest BCUT2D eigenvalue weighted by molar-refractivity contribution is 5.85. The van der Waals surface area contributed by atoms with E-state index >= 15 is 0 Å². The molecule has 0 unspecified atom stereocenters. The summed E-state index contributed by atoms with van der Waals surface area (Å²) in [6.45, 7) is 2.27. The second-order valence-corrected chi connectivity index (χ2v) is 8.17. The summed E-state index contributed by atoms with van der Waals surface area (Å²) in [5.74, 6) is 0.837. The maximum absolute atomic E-state index is 12.0. The maximum atomic E-state index is 12.0. The zero-order chi connectivity index (χ0) is 19.8. The number of nitrogens with zero attached hydrogens (tertiary/aromatic N) is 3. The van der Waals surface area contributed by atoms with Crippen LogP contribution >= 0.6 is 0 Å². The first kappa shape index (κ1) is 20.5. The third-order valence-corrected chi connectivity index (χ3v) is 5.77. The summed E-state index contributed by atoms with van der Waals surface area (Å²) in [6.07, 6.45) is 8.40. The van der Waals surface area contributed by atoms with Gasteiger partial charge in [-0.25, -0.2) is 4.99 Å². The quantitative estimate of drug-likeness (QED) is 0.604. The van der Waals surface area contributed by atoms with Crippen LogP contribution in [0.25, 0.3) is 0 Å². The van der Waals surface area contributed by atoms with E-state index < -0.39 is 0 Å². The average Bonchev–Trinajstić information content (AvgIpc) is 2.73. The van der Waals surface area contributed by atoms with Crippen molar-refractivity contribution >= 4 is 17.6 Å². The van der Waals surface area contributed by atoms with E-state index in [2.05, 4.69) is 50.9 Å². The van der Waals surface area contributed by atoms with Gasteiger partial charge >= 0.3 is 0 Å². The van der Waals surface area contributed by atoms with Crippen LogP contribution in [-0.4, -0.2) is 62.6 Å². The molecule has 154 valence electrons. The SMILES string of the molecule is CN(C)C(=O)CN=C(NC1CCCCC1)NC1CCN(c2ccccc2)CC1. The molecule has 0 radical (unpaired) electrons. The van der Waals surface area contributed by atoms with Crippen LogP contribution in [-0.2, 0) is 4.79 Å². The van der Waals surface area contributed by atoms with Crippen molar-refractivity contribution in [1.29, 1.82) is 0 Å². The first-order chi connectivity index (χ1) is 13.6. The number of carbonyl (C=O) groups is 1. The topological polar surface area (TPSA) is 60.0 Å². The Labute approximate surface area is 169 Å². The Bertz CT molecular complexity index is 632. The molecule has 1 amide bonds. The first-order valence-electron chi connectivity index (χ1n) is 10.7. The Morgan fingerprint density at radius 3 is 2.21 bits per heavy atom. The summed E-state index contributed by atoms with van der Waals surface area (Å²) in [4.78, 5) is 20.6. The number of rotatable bonds is 5. The number of carbonyl (C=O) groups excluding carboxylic acids is 1. The van der Waals surface area contributed by atoms with Crippen molar-refractivity contribution in [3.63, 3.8) is 0 Å². The molecule has 0 spiro atoms. The minimum absolute atomic E-state index is 0.0311. The standard InChI is InChI=1S/C22H35N5O/c1-26(2)21(28)17-23-22(24-18-9-5-3-6-10-18)25-19-13-15-27(16-14-19)20-11-7-4-8-12-20/h4,7-8,11-12,18-19H,3,5-6,9-10,13-17H2,1-2H3,(H2,23,24,25). The number of para-hydroxylation sites is 1. The van der Waals surface area contributed by atoms with Crippen molar-refractivity contribution in [1.82, 2.24) is 15.5 Å². The summed E-state index contributed by atoms with van der Waals surface area (Å²) < 4.78 is 0. The number of nitrogens with one attached hydrogen (secondary N) is 2. The molecule has 6 nitrogen and oxygen atoms in total. The Kier molecular flexibility index (Phi) is 7.57. The average molecular weight is 386 g/mol. The van der Waals surface area contributed by atoms with E-state index in [0.29, 0.717) is 12.1 Å². The molecule has 3 rings (SSSR count).